The zero-order valence-electron chi connectivity index (χ0n) is 11.2. The van der Waals surface area contributed by atoms with E-state index in [4.69, 9.17) is 11.6 Å². The smallest absolute Gasteiger partial charge is 0.332 e. The van der Waals surface area contributed by atoms with E-state index in [1.807, 2.05) is 13.8 Å². The Morgan fingerprint density at radius 1 is 1.37 bits per heavy atom. The highest BCUT2D eigenvalue weighted by molar-refractivity contribution is 6.16. The van der Waals surface area contributed by atoms with Crippen LogP contribution in [0.15, 0.2) is 9.59 Å². The summed E-state index contributed by atoms with van der Waals surface area (Å²) in [7, 11) is 0. The molecule has 7 heteroatoms. The third-order valence-corrected chi connectivity index (χ3v) is 3.59. The van der Waals surface area contributed by atoms with Gasteiger partial charge in [0.2, 0.25) is 0 Å². The number of alkyl halides is 1. The number of fused-ring (bicyclic) bond motifs is 1. The number of aromatic amines is 1. The van der Waals surface area contributed by atoms with Crippen LogP contribution in [0, 0.1) is 0 Å². The van der Waals surface area contributed by atoms with E-state index in [1.165, 1.54) is 4.57 Å². The van der Waals surface area contributed by atoms with Crippen LogP contribution in [-0.2, 0) is 12.4 Å². The lowest BCUT2D eigenvalue weighted by atomic mass is 10.2. The van der Waals surface area contributed by atoms with Crippen molar-refractivity contribution in [2.75, 3.05) is 0 Å². The molecular formula is C12H17ClN4O2. The van der Waals surface area contributed by atoms with Crippen molar-refractivity contribution in [3.05, 3.63) is 26.7 Å². The topological polar surface area (TPSA) is 72.7 Å². The van der Waals surface area contributed by atoms with Gasteiger partial charge in [0.25, 0.3) is 5.56 Å². The van der Waals surface area contributed by atoms with Gasteiger partial charge in [0.15, 0.2) is 5.65 Å². The summed E-state index contributed by atoms with van der Waals surface area (Å²) < 4.78 is 2.78. The van der Waals surface area contributed by atoms with E-state index in [0.29, 0.717) is 23.5 Å². The van der Waals surface area contributed by atoms with Gasteiger partial charge in [-0.25, -0.2) is 9.78 Å². The summed E-state index contributed by atoms with van der Waals surface area (Å²) in [4.78, 5) is 31.7. The highest BCUT2D eigenvalue weighted by Gasteiger charge is 2.18. The van der Waals surface area contributed by atoms with E-state index in [-0.39, 0.29) is 23.2 Å². The lowest BCUT2D eigenvalue weighted by Gasteiger charge is -2.15. The SMILES string of the molecule is CCC(C)n1c(=O)n(CC)c(=O)c2[nH]c(CCl)nc21. The molecule has 0 saturated carbocycles. The van der Waals surface area contributed by atoms with E-state index < -0.39 is 0 Å². The average molecular weight is 285 g/mol. The van der Waals surface area contributed by atoms with Gasteiger partial charge in [-0.15, -0.1) is 11.6 Å². The second-order valence-electron chi connectivity index (χ2n) is 4.47. The van der Waals surface area contributed by atoms with Crippen molar-refractivity contribution >= 4 is 22.8 Å². The van der Waals surface area contributed by atoms with Crippen molar-refractivity contribution in [1.82, 2.24) is 19.1 Å². The Morgan fingerprint density at radius 3 is 2.58 bits per heavy atom. The summed E-state index contributed by atoms with van der Waals surface area (Å²) in [5, 5.41) is 0. The number of halogens is 1. The van der Waals surface area contributed by atoms with E-state index in [2.05, 4.69) is 9.97 Å². The number of aromatic nitrogens is 4. The lowest BCUT2D eigenvalue weighted by molar-refractivity contribution is 0.489. The fraction of sp³-hybridized carbons (Fsp3) is 0.583. The molecule has 0 saturated heterocycles. The minimum absolute atomic E-state index is 0.0279. The number of rotatable bonds is 4. The molecule has 2 rings (SSSR count). The van der Waals surface area contributed by atoms with E-state index in [1.54, 1.807) is 11.5 Å². The van der Waals surface area contributed by atoms with Gasteiger partial charge in [-0.05, 0) is 20.3 Å². The minimum atomic E-state index is -0.342. The number of nitrogens with zero attached hydrogens (tertiary/aromatic N) is 3. The molecule has 104 valence electrons. The van der Waals surface area contributed by atoms with Crippen molar-refractivity contribution in [3.8, 4) is 0 Å². The third-order valence-electron chi connectivity index (χ3n) is 3.33. The lowest BCUT2D eigenvalue weighted by Crippen LogP contribution is -2.40. The zero-order chi connectivity index (χ0) is 14.2. The van der Waals surface area contributed by atoms with Gasteiger partial charge in [-0.1, -0.05) is 6.92 Å². The molecule has 2 aromatic rings. The Bertz CT molecular complexity index is 713. The molecule has 2 heterocycles. The minimum Gasteiger partial charge on any atom is -0.335 e. The van der Waals surface area contributed by atoms with Crippen molar-refractivity contribution in [1.29, 1.82) is 0 Å². The van der Waals surface area contributed by atoms with Gasteiger partial charge in [0, 0.05) is 12.6 Å². The number of imidazole rings is 1. The number of nitrogens with one attached hydrogen (secondary N) is 1. The van der Waals surface area contributed by atoms with Gasteiger partial charge in [0.1, 0.15) is 11.3 Å². The van der Waals surface area contributed by atoms with Crippen LogP contribution in [0.5, 0.6) is 0 Å². The predicted octanol–water partition coefficient (Wildman–Crippen LogP) is 1.62. The predicted molar refractivity (Wildman–Crippen MR) is 74.8 cm³/mol. The summed E-state index contributed by atoms with van der Waals surface area (Å²) >= 11 is 5.74. The molecule has 0 spiro atoms. The first-order valence-electron chi connectivity index (χ1n) is 6.34. The zero-order valence-corrected chi connectivity index (χ0v) is 12.0. The highest BCUT2D eigenvalue weighted by Crippen LogP contribution is 2.14. The molecule has 0 radical (unpaired) electrons. The van der Waals surface area contributed by atoms with Gasteiger partial charge < -0.3 is 4.98 Å². The quantitative estimate of drug-likeness (QED) is 0.867. The second kappa shape index (κ2) is 5.21. The first kappa shape index (κ1) is 13.9. The molecule has 0 fully saturated rings. The Labute approximate surface area is 115 Å². The summed E-state index contributed by atoms with van der Waals surface area (Å²) in [6.07, 6.45) is 0.778. The fourth-order valence-electron chi connectivity index (χ4n) is 2.10. The molecule has 0 aliphatic carbocycles. The first-order chi connectivity index (χ1) is 9.04. The van der Waals surface area contributed by atoms with Crippen LogP contribution in [0.4, 0.5) is 0 Å². The Hall–Kier alpha value is -1.56. The molecule has 0 aliphatic rings. The maximum absolute atomic E-state index is 12.4. The molecule has 0 amide bonds. The Balaban J connectivity index is 2.95. The molecule has 1 atom stereocenters. The molecular weight excluding hydrogens is 268 g/mol. The van der Waals surface area contributed by atoms with Crippen LogP contribution in [-0.4, -0.2) is 19.1 Å². The molecule has 0 bridgehead atoms. The monoisotopic (exact) mass is 284 g/mol. The van der Waals surface area contributed by atoms with Crippen molar-refractivity contribution < 1.29 is 0 Å². The van der Waals surface area contributed by atoms with Crippen LogP contribution in [0.3, 0.4) is 0 Å². The van der Waals surface area contributed by atoms with E-state index >= 15 is 0 Å². The van der Waals surface area contributed by atoms with Gasteiger partial charge in [0.05, 0.1) is 5.88 Å². The fourth-order valence-corrected chi connectivity index (χ4v) is 2.23. The molecule has 6 nitrogen and oxygen atoms in total. The highest BCUT2D eigenvalue weighted by atomic mass is 35.5. The maximum Gasteiger partial charge on any atom is 0.332 e. The maximum atomic E-state index is 12.4. The number of hydrogen-bond donors (Lipinski definition) is 1. The van der Waals surface area contributed by atoms with Crippen LogP contribution < -0.4 is 11.2 Å². The summed E-state index contributed by atoms with van der Waals surface area (Å²) in [6.45, 7) is 6.02. The molecule has 19 heavy (non-hydrogen) atoms. The largest absolute Gasteiger partial charge is 0.335 e. The normalized spacial score (nSPS) is 13.1. The van der Waals surface area contributed by atoms with Crippen LogP contribution in [0.2, 0.25) is 0 Å². The van der Waals surface area contributed by atoms with Crippen LogP contribution >= 0.6 is 11.6 Å². The standard InChI is InChI=1S/C12H17ClN4O2/c1-4-7(3)17-10-9(14-8(6-13)15-10)11(18)16(5-2)12(17)19/h7H,4-6H2,1-3H3,(H,14,15). The van der Waals surface area contributed by atoms with Crippen LogP contribution in [0.1, 0.15) is 39.1 Å². The first-order valence-corrected chi connectivity index (χ1v) is 6.88. The molecule has 1 unspecified atom stereocenters. The Kier molecular flexibility index (Phi) is 3.80. The summed E-state index contributed by atoms with van der Waals surface area (Å²) in [5.41, 5.74) is 0.0787. The number of H-pyrrole nitrogens is 1. The van der Waals surface area contributed by atoms with Gasteiger partial charge >= 0.3 is 5.69 Å². The molecule has 2 aromatic heterocycles. The Morgan fingerprint density at radius 2 is 2.05 bits per heavy atom. The third kappa shape index (κ3) is 2.10. The van der Waals surface area contributed by atoms with Crippen molar-refractivity contribution in [2.45, 2.75) is 45.7 Å². The summed E-state index contributed by atoms with van der Waals surface area (Å²) in [5.74, 6) is 0.675. The van der Waals surface area contributed by atoms with E-state index in [9.17, 15) is 9.59 Å². The van der Waals surface area contributed by atoms with E-state index in [0.717, 1.165) is 6.42 Å². The number of hydrogen-bond acceptors (Lipinski definition) is 3. The molecule has 0 aromatic carbocycles. The van der Waals surface area contributed by atoms with Crippen molar-refractivity contribution in [3.63, 3.8) is 0 Å². The second-order valence-corrected chi connectivity index (χ2v) is 4.74. The van der Waals surface area contributed by atoms with Gasteiger partial charge in [-0.2, -0.15) is 0 Å². The summed E-state index contributed by atoms with van der Waals surface area (Å²) in [6, 6.07) is -0.0279. The van der Waals surface area contributed by atoms with Crippen molar-refractivity contribution in [2.24, 2.45) is 0 Å². The average Bonchev–Trinajstić information content (AvgIpc) is 2.83. The molecule has 1 N–H and O–H groups in total. The van der Waals surface area contributed by atoms with Crippen LogP contribution in [0.25, 0.3) is 11.2 Å². The molecule has 0 aliphatic heterocycles. The van der Waals surface area contributed by atoms with Gasteiger partial charge in [-0.3, -0.25) is 13.9 Å².